The number of benzene rings is 2. The first-order valence-electron chi connectivity index (χ1n) is 6.95. The van der Waals surface area contributed by atoms with Crippen molar-refractivity contribution in [1.82, 2.24) is 4.98 Å². The Morgan fingerprint density at radius 1 is 1.18 bits per heavy atom. The second-order valence-electron chi connectivity index (χ2n) is 5.18. The zero-order valence-electron chi connectivity index (χ0n) is 12.1. The molecule has 0 aliphatic carbocycles. The van der Waals surface area contributed by atoms with Crippen LogP contribution in [0, 0.1) is 6.92 Å². The van der Waals surface area contributed by atoms with E-state index in [4.69, 9.17) is 5.11 Å². The number of aromatic carboxylic acids is 1. The third-order valence-electron chi connectivity index (χ3n) is 3.39. The maximum atomic E-state index is 11.0. The van der Waals surface area contributed by atoms with Crippen molar-refractivity contribution in [3.8, 4) is 11.3 Å². The van der Waals surface area contributed by atoms with Gasteiger partial charge in [-0.15, -0.1) is 11.3 Å². The van der Waals surface area contributed by atoms with Gasteiger partial charge in [0.2, 0.25) is 0 Å². The Bertz CT molecular complexity index is 823. The van der Waals surface area contributed by atoms with E-state index in [-0.39, 0.29) is 0 Å². The quantitative estimate of drug-likeness (QED) is 0.776. The predicted molar refractivity (Wildman–Crippen MR) is 88.5 cm³/mol. The van der Waals surface area contributed by atoms with E-state index in [0.29, 0.717) is 12.0 Å². The highest BCUT2D eigenvalue weighted by atomic mass is 32.1. The van der Waals surface area contributed by atoms with Gasteiger partial charge in [-0.2, -0.15) is 0 Å². The van der Waals surface area contributed by atoms with E-state index < -0.39 is 5.97 Å². The maximum Gasteiger partial charge on any atom is 0.335 e. The number of aromatic nitrogens is 1. The standard InChI is InChI=1S/C18H15NO2S/c1-12-4-2-6-14(8-12)16-11-22-17(19-16)10-13-5-3-7-15(9-13)18(20)21/h2-9,11H,10H2,1H3,(H,20,21). The summed E-state index contributed by atoms with van der Waals surface area (Å²) in [4.78, 5) is 15.7. The highest BCUT2D eigenvalue weighted by Crippen LogP contribution is 2.24. The average Bonchev–Trinajstić information content (AvgIpc) is 2.96. The van der Waals surface area contributed by atoms with Crippen LogP contribution in [0.5, 0.6) is 0 Å². The molecular formula is C18H15NO2S. The molecule has 0 atom stereocenters. The first-order chi connectivity index (χ1) is 10.6. The number of nitrogens with zero attached hydrogens (tertiary/aromatic N) is 1. The lowest BCUT2D eigenvalue weighted by molar-refractivity contribution is 0.0697. The van der Waals surface area contributed by atoms with Crippen molar-refractivity contribution in [2.45, 2.75) is 13.3 Å². The van der Waals surface area contributed by atoms with Crippen LogP contribution in [0.2, 0.25) is 0 Å². The molecule has 110 valence electrons. The smallest absolute Gasteiger partial charge is 0.335 e. The average molecular weight is 309 g/mol. The molecule has 4 heteroatoms. The van der Waals surface area contributed by atoms with E-state index in [1.807, 2.05) is 17.5 Å². The lowest BCUT2D eigenvalue weighted by Crippen LogP contribution is -1.97. The zero-order chi connectivity index (χ0) is 15.5. The van der Waals surface area contributed by atoms with Crippen molar-refractivity contribution in [2.75, 3.05) is 0 Å². The fourth-order valence-corrected chi connectivity index (χ4v) is 3.16. The topological polar surface area (TPSA) is 50.2 Å². The summed E-state index contributed by atoms with van der Waals surface area (Å²) in [7, 11) is 0. The monoisotopic (exact) mass is 309 g/mol. The molecule has 22 heavy (non-hydrogen) atoms. The fraction of sp³-hybridized carbons (Fsp3) is 0.111. The molecule has 0 unspecified atom stereocenters. The van der Waals surface area contributed by atoms with Crippen molar-refractivity contribution in [3.63, 3.8) is 0 Å². The molecule has 0 saturated carbocycles. The van der Waals surface area contributed by atoms with Crippen LogP contribution < -0.4 is 0 Å². The fourth-order valence-electron chi connectivity index (χ4n) is 2.32. The first-order valence-corrected chi connectivity index (χ1v) is 7.83. The second kappa shape index (κ2) is 6.12. The molecule has 3 rings (SSSR count). The number of hydrogen-bond donors (Lipinski definition) is 1. The Morgan fingerprint density at radius 3 is 2.77 bits per heavy atom. The molecule has 1 N–H and O–H groups in total. The van der Waals surface area contributed by atoms with Crippen LogP contribution in [0.4, 0.5) is 0 Å². The molecule has 0 radical (unpaired) electrons. The summed E-state index contributed by atoms with van der Waals surface area (Å²) < 4.78 is 0. The Labute approximate surface area is 132 Å². The van der Waals surface area contributed by atoms with Crippen LogP contribution in [0.3, 0.4) is 0 Å². The number of carbonyl (C=O) groups is 1. The molecule has 0 aliphatic rings. The predicted octanol–water partition coefficient (Wildman–Crippen LogP) is 4.41. The van der Waals surface area contributed by atoms with Crippen molar-refractivity contribution in [3.05, 3.63) is 75.6 Å². The highest BCUT2D eigenvalue weighted by Gasteiger charge is 2.08. The van der Waals surface area contributed by atoms with Gasteiger partial charge >= 0.3 is 5.97 Å². The summed E-state index contributed by atoms with van der Waals surface area (Å²) in [6, 6.07) is 15.3. The third kappa shape index (κ3) is 3.23. The number of hydrogen-bond acceptors (Lipinski definition) is 3. The Hall–Kier alpha value is -2.46. The Morgan fingerprint density at radius 2 is 2.00 bits per heavy atom. The van der Waals surface area contributed by atoms with E-state index >= 15 is 0 Å². The second-order valence-corrected chi connectivity index (χ2v) is 6.12. The SMILES string of the molecule is Cc1cccc(-c2csc(Cc3cccc(C(=O)O)c3)n2)c1. The number of carboxylic acids is 1. The molecule has 3 aromatic rings. The van der Waals surface area contributed by atoms with Crippen LogP contribution in [0.15, 0.2) is 53.9 Å². The van der Waals surface area contributed by atoms with Crippen LogP contribution in [-0.4, -0.2) is 16.1 Å². The summed E-state index contributed by atoms with van der Waals surface area (Å²) in [6.07, 6.45) is 0.650. The number of carboxylic acid groups (broad SMARTS) is 1. The number of thiazole rings is 1. The lowest BCUT2D eigenvalue weighted by atomic mass is 10.1. The molecule has 0 bridgehead atoms. The van der Waals surface area contributed by atoms with Gasteiger partial charge in [0, 0.05) is 17.4 Å². The van der Waals surface area contributed by atoms with Gasteiger partial charge in [-0.25, -0.2) is 9.78 Å². The lowest BCUT2D eigenvalue weighted by Gasteiger charge is -2.00. The Balaban J connectivity index is 1.83. The molecule has 0 fully saturated rings. The van der Waals surface area contributed by atoms with E-state index in [1.165, 1.54) is 5.56 Å². The van der Waals surface area contributed by atoms with Gasteiger partial charge in [0.15, 0.2) is 0 Å². The van der Waals surface area contributed by atoms with Gasteiger partial charge in [-0.05, 0) is 30.7 Å². The highest BCUT2D eigenvalue weighted by molar-refractivity contribution is 7.10. The van der Waals surface area contributed by atoms with Crippen LogP contribution in [0.1, 0.15) is 26.5 Å². The van der Waals surface area contributed by atoms with Gasteiger partial charge in [-0.3, -0.25) is 0 Å². The molecule has 1 heterocycles. The van der Waals surface area contributed by atoms with Gasteiger partial charge in [-0.1, -0.05) is 35.9 Å². The first kappa shape index (κ1) is 14.5. The minimum absolute atomic E-state index is 0.313. The molecule has 1 aromatic heterocycles. The largest absolute Gasteiger partial charge is 0.478 e. The van der Waals surface area contributed by atoms with E-state index in [2.05, 4.69) is 30.1 Å². The number of rotatable bonds is 4. The summed E-state index contributed by atoms with van der Waals surface area (Å²) in [5, 5.41) is 12.1. The van der Waals surface area contributed by atoms with Crippen LogP contribution in [-0.2, 0) is 6.42 Å². The van der Waals surface area contributed by atoms with Gasteiger partial charge in [0.05, 0.1) is 16.3 Å². The van der Waals surface area contributed by atoms with Crippen molar-refractivity contribution < 1.29 is 9.90 Å². The van der Waals surface area contributed by atoms with Crippen molar-refractivity contribution in [1.29, 1.82) is 0 Å². The van der Waals surface area contributed by atoms with E-state index in [1.54, 1.807) is 29.5 Å². The molecular weight excluding hydrogens is 294 g/mol. The van der Waals surface area contributed by atoms with Gasteiger partial charge < -0.3 is 5.11 Å². The summed E-state index contributed by atoms with van der Waals surface area (Å²) >= 11 is 1.60. The minimum Gasteiger partial charge on any atom is -0.478 e. The molecule has 3 nitrogen and oxygen atoms in total. The van der Waals surface area contributed by atoms with Crippen molar-refractivity contribution in [2.24, 2.45) is 0 Å². The minimum atomic E-state index is -0.901. The third-order valence-corrected chi connectivity index (χ3v) is 4.24. The number of aryl methyl sites for hydroxylation is 1. The van der Waals surface area contributed by atoms with E-state index in [0.717, 1.165) is 21.8 Å². The molecule has 0 amide bonds. The van der Waals surface area contributed by atoms with Crippen molar-refractivity contribution >= 4 is 17.3 Å². The maximum absolute atomic E-state index is 11.0. The van der Waals surface area contributed by atoms with Crippen LogP contribution in [0.25, 0.3) is 11.3 Å². The van der Waals surface area contributed by atoms with Crippen LogP contribution >= 0.6 is 11.3 Å². The Kier molecular flexibility index (Phi) is 4.02. The normalized spacial score (nSPS) is 10.6. The summed E-state index contributed by atoms with van der Waals surface area (Å²) in [6.45, 7) is 2.06. The van der Waals surface area contributed by atoms with Gasteiger partial charge in [0.1, 0.15) is 0 Å². The summed E-state index contributed by atoms with van der Waals surface area (Å²) in [5.41, 5.74) is 4.57. The van der Waals surface area contributed by atoms with E-state index in [9.17, 15) is 4.79 Å². The molecule has 0 spiro atoms. The summed E-state index contributed by atoms with van der Waals surface area (Å²) in [5.74, 6) is -0.901. The van der Waals surface area contributed by atoms with Gasteiger partial charge in [0.25, 0.3) is 0 Å². The molecule has 0 saturated heterocycles. The zero-order valence-corrected chi connectivity index (χ0v) is 12.9. The molecule has 2 aromatic carbocycles. The molecule has 0 aliphatic heterocycles.